The molecule has 0 aromatic carbocycles. The Bertz CT molecular complexity index is 317. The van der Waals surface area contributed by atoms with Crippen LogP contribution in [0.25, 0.3) is 0 Å². The molecule has 80 valence electrons. The highest BCUT2D eigenvalue weighted by Crippen LogP contribution is 2.65. The summed E-state index contributed by atoms with van der Waals surface area (Å²) in [7, 11) is 0. The monoisotopic (exact) mass is 204 g/mol. The molecule has 1 atom stereocenters. The summed E-state index contributed by atoms with van der Waals surface area (Å²) >= 11 is 0. The van der Waals surface area contributed by atoms with Crippen LogP contribution in [-0.2, 0) is 4.74 Å². The van der Waals surface area contributed by atoms with Crippen LogP contribution in [0, 0.1) is 33.5 Å². The molecule has 2 aliphatic rings. The highest BCUT2D eigenvalue weighted by molar-refractivity contribution is 5.32. The first kappa shape index (κ1) is 10.5. The lowest BCUT2D eigenvalue weighted by Crippen LogP contribution is -2.60. The number of hydrogen-bond acceptors (Lipinski definition) is 3. The summed E-state index contributed by atoms with van der Waals surface area (Å²) in [4.78, 5) is 0. The van der Waals surface area contributed by atoms with Crippen molar-refractivity contribution in [2.24, 2.45) is 10.8 Å². The smallest absolute Gasteiger partial charge is 0.175 e. The molecule has 15 heavy (non-hydrogen) atoms. The highest BCUT2D eigenvalue weighted by Gasteiger charge is 2.68. The maximum absolute atomic E-state index is 9.31. The van der Waals surface area contributed by atoms with E-state index in [9.17, 15) is 10.5 Å². The van der Waals surface area contributed by atoms with Crippen molar-refractivity contribution in [3.8, 4) is 12.1 Å². The average molecular weight is 204 g/mol. The summed E-state index contributed by atoms with van der Waals surface area (Å²) < 4.78 is 5.52. The van der Waals surface area contributed by atoms with E-state index in [-0.39, 0.29) is 11.5 Å². The second-order valence-corrected chi connectivity index (χ2v) is 4.67. The van der Waals surface area contributed by atoms with E-state index in [1.54, 1.807) is 0 Å². The third-order valence-electron chi connectivity index (χ3n) is 4.18. The van der Waals surface area contributed by atoms with E-state index in [0.29, 0.717) is 6.61 Å². The zero-order valence-corrected chi connectivity index (χ0v) is 9.12. The van der Waals surface area contributed by atoms with Crippen LogP contribution in [0.2, 0.25) is 0 Å². The number of rotatable bonds is 2. The molecular formula is C12H16N2O. The van der Waals surface area contributed by atoms with E-state index in [2.05, 4.69) is 12.1 Å². The van der Waals surface area contributed by atoms with Gasteiger partial charge in [0.05, 0.1) is 18.2 Å². The van der Waals surface area contributed by atoms with Gasteiger partial charge in [-0.2, -0.15) is 10.5 Å². The van der Waals surface area contributed by atoms with E-state index in [0.717, 1.165) is 32.1 Å². The van der Waals surface area contributed by atoms with Gasteiger partial charge in [0, 0.05) is 12.0 Å². The van der Waals surface area contributed by atoms with E-state index < -0.39 is 5.41 Å². The zero-order chi connectivity index (χ0) is 10.9. The summed E-state index contributed by atoms with van der Waals surface area (Å²) in [6, 6.07) is 4.49. The first-order chi connectivity index (χ1) is 7.24. The van der Waals surface area contributed by atoms with Crippen LogP contribution < -0.4 is 0 Å². The molecule has 2 aliphatic carbocycles. The van der Waals surface area contributed by atoms with E-state index >= 15 is 0 Å². The highest BCUT2D eigenvalue weighted by atomic mass is 16.5. The Hall–Kier alpha value is -1.06. The minimum Gasteiger partial charge on any atom is -0.376 e. The lowest BCUT2D eigenvalue weighted by atomic mass is 9.47. The van der Waals surface area contributed by atoms with Gasteiger partial charge in [-0.15, -0.1) is 0 Å². The van der Waals surface area contributed by atoms with Gasteiger partial charge in [0.1, 0.15) is 0 Å². The van der Waals surface area contributed by atoms with Gasteiger partial charge < -0.3 is 4.74 Å². The number of ether oxygens (including phenoxy) is 1. The molecule has 0 aliphatic heterocycles. The first-order valence-electron chi connectivity index (χ1n) is 5.69. The van der Waals surface area contributed by atoms with E-state index in [1.807, 2.05) is 6.92 Å². The Morgan fingerprint density at radius 1 is 1.27 bits per heavy atom. The summed E-state index contributed by atoms with van der Waals surface area (Å²) in [5.41, 5.74) is -0.907. The van der Waals surface area contributed by atoms with Crippen LogP contribution in [-0.4, -0.2) is 12.7 Å². The summed E-state index contributed by atoms with van der Waals surface area (Å²) in [6.45, 7) is 2.50. The minimum absolute atomic E-state index is 0.0453. The van der Waals surface area contributed by atoms with Crippen molar-refractivity contribution in [3.05, 3.63) is 0 Å². The van der Waals surface area contributed by atoms with E-state index in [4.69, 9.17) is 4.74 Å². The van der Waals surface area contributed by atoms with Crippen molar-refractivity contribution in [1.82, 2.24) is 0 Å². The van der Waals surface area contributed by atoms with Crippen molar-refractivity contribution in [3.63, 3.8) is 0 Å². The second-order valence-electron chi connectivity index (χ2n) is 4.67. The van der Waals surface area contributed by atoms with Crippen molar-refractivity contribution in [1.29, 1.82) is 10.5 Å². The van der Waals surface area contributed by atoms with Crippen LogP contribution in [0.3, 0.4) is 0 Å². The van der Waals surface area contributed by atoms with Crippen LogP contribution in [0.5, 0.6) is 0 Å². The maximum atomic E-state index is 9.31. The zero-order valence-electron chi connectivity index (χ0n) is 9.12. The van der Waals surface area contributed by atoms with Gasteiger partial charge in [0.15, 0.2) is 5.41 Å². The van der Waals surface area contributed by atoms with Gasteiger partial charge in [-0.1, -0.05) is 12.8 Å². The molecule has 0 N–H and O–H groups in total. The molecule has 0 bridgehead atoms. The first-order valence-corrected chi connectivity index (χ1v) is 5.69. The Balaban J connectivity index is 2.26. The third kappa shape index (κ3) is 1.13. The molecule has 1 spiro atoms. The molecule has 0 heterocycles. The molecule has 2 fully saturated rings. The molecular weight excluding hydrogens is 188 g/mol. The fourth-order valence-electron chi connectivity index (χ4n) is 3.32. The molecule has 3 nitrogen and oxygen atoms in total. The molecule has 0 saturated heterocycles. The Morgan fingerprint density at radius 3 is 2.33 bits per heavy atom. The number of nitriles is 2. The summed E-state index contributed by atoms with van der Waals surface area (Å²) in [5, 5.41) is 18.6. The third-order valence-corrected chi connectivity index (χ3v) is 4.18. The fourth-order valence-corrected chi connectivity index (χ4v) is 3.32. The summed E-state index contributed by atoms with van der Waals surface area (Å²) in [5.74, 6) is 0. The SMILES string of the molecule is CCOC1CC2(CCCC2)C1(C#N)C#N. The molecule has 2 saturated carbocycles. The van der Waals surface area contributed by atoms with Crippen molar-refractivity contribution < 1.29 is 4.74 Å². The van der Waals surface area contributed by atoms with Crippen molar-refractivity contribution in [2.75, 3.05) is 6.61 Å². The molecule has 2 rings (SSSR count). The van der Waals surface area contributed by atoms with Gasteiger partial charge in [-0.05, 0) is 26.2 Å². The largest absolute Gasteiger partial charge is 0.376 e. The number of hydrogen-bond donors (Lipinski definition) is 0. The lowest BCUT2D eigenvalue weighted by Gasteiger charge is -2.55. The lowest BCUT2D eigenvalue weighted by molar-refractivity contribution is -0.151. The van der Waals surface area contributed by atoms with Crippen LogP contribution in [0.1, 0.15) is 39.0 Å². The predicted octanol–water partition coefficient (Wildman–Crippen LogP) is 2.39. The maximum Gasteiger partial charge on any atom is 0.175 e. The standard InChI is InChI=1S/C12H16N2O/c1-2-15-10-7-11(5-3-4-6-11)12(10,8-13)9-14/h10H,2-7H2,1H3. The minimum atomic E-state index is -0.862. The van der Waals surface area contributed by atoms with Crippen LogP contribution in [0.15, 0.2) is 0 Å². The van der Waals surface area contributed by atoms with Gasteiger partial charge in [-0.3, -0.25) is 0 Å². The van der Waals surface area contributed by atoms with E-state index in [1.165, 1.54) is 0 Å². The topological polar surface area (TPSA) is 56.8 Å². The Labute approximate surface area is 90.6 Å². The second kappa shape index (κ2) is 3.51. The van der Waals surface area contributed by atoms with Gasteiger partial charge in [-0.25, -0.2) is 0 Å². The quantitative estimate of drug-likeness (QED) is 0.694. The molecule has 0 radical (unpaired) electrons. The predicted molar refractivity (Wildman–Crippen MR) is 54.6 cm³/mol. The average Bonchev–Trinajstić information content (AvgIpc) is 2.71. The van der Waals surface area contributed by atoms with Gasteiger partial charge in [0.2, 0.25) is 0 Å². The molecule has 0 aromatic rings. The van der Waals surface area contributed by atoms with Crippen molar-refractivity contribution in [2.45, 2.75) is 45.1 Å². The molecule has 0 amide bonds. The summed E-state index contributed by atoms with van der Waals surface area (Å²) in [6.07, 6.45) is 5.11. The molecule has 0 aromatic heterocycles. The molecule has 1 unspecified atom stereocenters. The molecule has 3 heteroatoms. The number of nitrogens with zero attached hydrogens (tertiary/aromatic N) is 2. The normalized spacial score (nSPS) is 30.5. The van der Waals surface area contributed by atoms with Crippen molar-refractivity contribution >= 4 is 0 Å². The van der Waals surface area contributed by atoms with Crippen LogP contribution in [0.4, 0.5) is 0 Å². The Morgan fingerprint density at radius 2 is 1.87 bits per heavy atom. The fraction of sp³-hybridized carbons (Fsp3) is 0.833. The van der Waals surface area contributed by atoms with Gasteiger partial charge >= 0.3 is 0 Å². The van der Waals surface area contributed by atoms with Crippen LogP contribution >= 0.6 is 0 Å². The Kier molecular flexibility index (Phi) is 2.44. The van der Waals surface area contributed by atoms with Gasteiger partial charge in [0.25, 0.3) is 0 Å².